The summed E-state index contributed by atoms with van der Waals surface area (Å²) in [6.45, 7) is 9.37. The van der Waals surface area contributed by atoms with Gasteiger partial charge in [-0.05, 0) is 58.2 Å². The summed E-state index contributed by atoms with van der Waals surface area (Å²) in [6, 6.07) is 7.58. The summed E-state index contributed by atoms with van der Waals surface area (Å²) in [4.78, 5) is 25.7. The van der Waals surface area contributed by atoms with Crippen LogP contribution in [0, 0.1) is 5.92 Å². The van der Waals surface area contributed by atoms with Crippen molar-refractivity contribution in [3.05, 3.63) is 34.9 Å². The first kappa shape index (κ1) is 24.3. The Hall–Kier alpha value is -1.99. The van der Waals surface area contributed by atoms with Crippen LogP contribution in [0.25, 0.3) is 0 Å². The standard InChI is InChI=1S/C22H33ClN2O5/c1-21(2,3)30-20(27)25-12-7-9-17(15-25)22(4,16-8-6-10-18(23)14-16)29-13-11-24-19(26)28-5/h6,8,10,14,17H,7,9,11-13,15H2,1-5H3,(H,24,26)/t17?,22-/m0/s1. The Bertz CT molecular complexity index is 736. The number of amides is 2. The van der Waals surface area contributed by atoms with Crippen LogP contribution in [0.4, 0.5) is 9.59 Å². The largest absolute Gasteiger partial charge is 0.453 e. The van der Waals surface area contributed by atoms with Crippen molar-refractivity contribution in [2.45, 2.75) is 51.7 Å². The number of halogens is 1. The van der Waals surface area contributed by atoms with E-state index in [4.69, 9.17) is 21.1 Å². The van der Waals surface area contributed by atoms with Crippen molar-refractivity contribution in [1.29, 1.82) is 0 Å². The van der Waals surface area contributed by atoms with Crippen molar-refractivity contribution in [2.75, 3.05) is 33.4 Å². The van der Waals surface area contributed by atoms with E-state index >= 15 is 0 Å². The van der Waals surface area contributed by atoms with Gasteiger partial charge in [0.1, 0.15) is 5.60 Å². The zero-order valence-corrected chi connectivity index (χ0v) is 19.3. The van der Waals surface area contributed by atoms with Gasteiger partial charge in [-0.25, -0.2) is 9.59 Å². The molecule has 1 unspecified atom stereocenters. The molecule has 1 aliphatic rings. The van der Waals surface area contributed by atoms with E-state index in [0.29, 0.717) is 31.3 Å². The fourth-order valence-corrected chi connectivity index (χ4v) is 3.83. The second-order valence-corrected chi connectivity index (χ2v) is 9.09. The number of methoxy groups -OCH3 is 1. The van der Waals surface area contributed by atoms with Gasteiger partial charge in [0.15, 0.2) is 0 Å². The second-order valence-electron chi connectivity index (χ2n) is 8.65. The van der Waals surface area contributed by atoms with Gasteiger partial charge in [-0.2, -0.15) is 0 Å². The minimum absolute atomic E-state index is 0.0374. The molecule has 168 valence electrons. The molecule has 0 spiro atoms. The number of hydrogen-bond acceptors (Lipinski definition) is 5. The van der Waals surface area contributed by atoms with Crippen molar-refractivity contribution < 1.29 is 23.8 Å². The average Bonchev–Trinajstić information content (AvgIpc) is 2.69. The van der Waals surface area contributed by atoms with E-state index in [2.05, 4.69) is 10.1 Å². The molecule has 7 nitrogen and oxygen atoms in total. The van der Waals surface area contributed by atoms with Crippen molar-refractivity contribution >= 4 is 23.8 Å². The lowest BCUT2D eigenvalue weighted by Gasteiger charge is -2.43. The molecule has 2 amide bonds. The van der Waals surface area contributed by atoms with Crippen molar-refractivity contribution in [3.63, 3.8) is 0 Å². The Morgan fingerprint density at radius 1 is 1.27 bits per heavy atom. The highest BCUT2D eigenvalue weighted by molar-refractivity contribution is 6.30. The number of rotatable bonds is 6. The molecule has 1 aliphatic heterocycles. The van der Waals surface area contributed by atoms with Crippen LogP contribution in [-0.4, -0.2) is 56.0 Å². The summed E-state index contributed by atoms with van der Waals surface area (Å²) in [6.07, 6.45) is 0.932. The van der Waals surface area contributed by atoms with Crippen LogP contribution in [-0.2, 0) is 19.8 Å². The SMILES string of the molecule is COC(=O)NCCO[C@@](C)(c1cccc(Cl)c1)C1CCCN(C(=O)OC(C)(C)C)C1. The Labute approximate surface area is 184 Å². The van der Waals surface area contributed by atoms with Gasteiger partial charge in [-0.3, -0.25) is 0 Å². The molecule has 1 aromatic rings. The molecule has 0 aliphatic carbocycles. The molecule has 1 aromatic carbocycles. The number of hydrogen-bond donors (Lipinski definition) is 1. The maximum absolute atomic E-state index is 12.6. The molecule has 1 fully saturated rings. The molecule has 0 bridgehead atoms. The highest BCUT2D eigenvalue weighted by atomic mass is 35.5. The average molecular weight is 441 g/mol. The number of nitrogens with zero attached hydrogens (tertiary/aromatic N) is 1. The number of benzene rings is 1. The summed E-state index contributed by atoms with van der Waals surface area (Å²) in [5.41, 5.74) is -0.302. The van der Waals surface area contributed by atoms with Crippen LogP contribution in [0.15, 0.2) is 24.3 Å². The number of carbonyl (C=O) groups is 2. The topological polar surface area (TPSA) is 77.1 Å². The van der Waals surface area contributed by atoms with Gasteiger partial charge in [-0.15, -0.1) is 0 Å². The predicted molar refractivity (Wildman–Crippen MR) is 116 cm³/mol. The summed E-state index contributed by atoms with van der Waals surface area (Å²) < 4.78 is 16.5. The predicted octanol–water partition coefficient (Wildman–Crippen LogP) is 4.57. The Morgan fingerprint density at radius 3 is 2.63 bits per heavy atom. The summed E-state index contributed by atoms with van der Waals surface area (Å²) in [7, 11) is 1.32. The van der Waals surface area contributed by atoms with E-state index in [1.54, 1.807) is 4.90 Å². The van der Waals surface area contributed by atoms with E-state index in [-0.39, 0.29) is 12.0 Å². The number of ether oxygens (including phenoxy) is 3. The smallest absolute Gasteiger partial charge is 0.410 e. The molecule has 8 heteroatoms. The monoisotopic (exact) mass is 440 g/mol. The van der Waals surface area contributed by atoms with Gasteiger partial charge >= 0.3 is 12.2 Å². The molecular formula is C22H33ClN2O5. The quantitative estimate of drug-likeness (QED) is 0.655. The number of nitrogens with one attached hydrogen (secondary N) is 1. The zero-order valence-electron chi connectivity index (χ0n) is 18.5. The van der Waals surface area contributed by atoms with Crippen LogP contribution < -0.4 is 5.32 Å². The lowest BCUT2D eigenvalue weighted by Crippen LogP contribution is -2.49. The molecule has 0 radical (unpaired) electrons. The van der Waals surface area contributed by atoms with Gasteiger partial charge < -0.3 is 24.4 Å². The third-order valence-corrected chi connectivity index (χ3v) is 5.44. The summed E-state index contributed by atoms with van der Waals surface area (Å²) >= 11 is 6.25. The molecule has 2 atom stereocenters. The lowest BCUT2D eigenvalue weighted by atomic mass is 9.78. The van der Waals surface area contributed by atoms with Gasteiger partial charge in [0.2, 0.25) is 0 Å². The Morgan fingerprint density at radius 2 is 2.00 bits per heavy atom. The number of likely N-dealkylation sites (tertiary alicyclic amines) is 1. The number of carbonyl (C=O) groups excluding carboxylic acids is 2. The van der Waals surface area contributed by atoms with Crippen LogP contribution in [0.5, 0.6) is 0 Å². The normalized spacial score (nSPS) is 19.0. The fourth-order valence-electron chi connectivity index (χ4n) is 3.64. The Kier molecular flexibility index (Phi) is 8.38. The van der Waals surface area contributed by atoms with Gasteiger partial charge in [-0.1, -0.05) is 23.7 Å². The highest BCUT2D eigenvalue weighted by Gasteiger charge is 2.41. The van der Waals surface area contributed by atoms with Gasteiger partial charge in [0.25, 0.3) is 0 Å². The maximum Gasteiger partial charge on any atom is 0.410 e. The first-order chi connectivity index (χ1) is 14.0. The number of piperidine rings is 1. The van der Waals surface area contributed by atoms with Crippen LogP contribution in [0.1, 0.15) is 46.1 Å². The first-order valence-corrected chi connectivity index (χ1v) is 10.6. The first-order valence-electron chi connectivity index (χ1n) is 10.2. The lowest BCUT2D eigenvalue weighted by molar-refractivity contribution is -0.0964. The molecule has 1 saturated heterocycles. The van der Waals surface area contributed by atoms with E-state index in [1.807, 2.05) is 52.0 Å². The van der Waals surface area contributed by atoms with Crippen molar-refractivity contribution in [1.82, 2.24) is 10.2 Å². The zero-order chi connectivity index (χ0) is 22.4. The van der Waals surface area contributed by atoms with Crippen molar-refractivity contribution in [2.24, 2.45) is 5.92 Å². The summed E-state index contributed by atoms with van der Waals surface area (Å²) in [5, 5.41) is 3.25. The minimum atomic E-state index is -0.691. The molecule has 1 heterocycles. The van der Waals surface area contributed by atoms with E-state index in [9.17, 15) is 9.59 Å². The molecule has 2 rings (SSSR count). The van der Waals surface area contributed by atoms with Crippen molar-refractivity contribution in [3.8, 4) is 0 Å². The number of alkyl carbamates (subject to hydrolysis) is 1. The third-order valence-electron chi connectivity index (χ3n) is 5.21. The molecule has 1 N–H and O–H groups in total. The molecule has 0 saturated carbocycles. The molecule has 0 aromatic heterocycles. The van der Waals surface area contributed by atoms with E-state index in [1.165, 1.54) is 7.11 Å². The molecule has 30 heavy (non-hydrogen) atoms. The van der Waals surface area contributed by atoms with E-state index in [0.717, 1.165) is 18.4 Å². The van der Waals surface area contributed by atoms with Crippen LogP contribution >= 0.6 is 11.6 Å². The summed E-state index contributed by atoms with van der Waals surface area (Å²) in [5.74, 6) is 0.0374. The van der Waals surface area contributed by atoms with Crippen LogP contribution in [0.2, 0.25) is 5.02 Å². The Balaban J connectivity index is 2.18. The van der Waals surface area contributed by atoms with E-state index < -0.39 is 17.3 Å². The maximum atomic E-state index is 12.6. The van der Waals surface area contributed by atoms with Crippen LogP contribution in [0.3, 0.4) is 0 Å². The van der Waals surface area contributed by atoms with Gasteiger partial charge in [0, 0.05) is 30.6 Å². The third kappa shape index (κ3) is 6.77. The minimum Gasteiger partial charge on any atom is -0.453 e. The fraction of sp³-hybridized carbons (Fsp3) is 0.636. The van der Waals surface area contributed by atoms with Gasteiger partial charge in [0.05, 0.1) is 19.3 Å². The highest BCUT2D eigenvalue weighted by Crippen LogP contribution is 2.39. The molecular weight excluding hydrogens is 408 g/mol. The second kappa shape index (κ2) is 10.4.